The molecule has 1 unspecified atom stereocenters. The Bertz CT molecular complexity index is 238. The van der Waals surface area contributed by atoms with E-state index in [1.807, 2.05) is 5.32 Å². The monoisotopic (exact) mass is 171 g/mol. The predicted octanol–water partition coefficient (Wildman–Crippen LogP) is -1.54. The van der Waals surface area contributed by atoms with Crippen LogP contribution in [-0.4, -0.2) is 23.9 Å². The number of primary amides is 1. The van der Waals surface area contributed by atoms with Gasteiger partial charge in [0.1, 0.15) is 6.04 Å². The van der Waals surface area contributed by atoms with E-state index in [4.69, 9.17) is 5.73 Å². The summed E-state index contributed by atoms with van der Waals surface area (Å²) in [4.78, 5) is 31.7. The lowest BCUT2D eigenvalue weighted by Gasteiger charge is -2.03. The molecule has 4 N–H and O–H groups in total. The largest absolute Gasteiger partial charge is 0.370 e. The first kappa shape index (κ1) is 8.51. The second kappa shape index (κ2) is 3.21. The van der Waals surface area contributed by atoms with Gasteiger partial charge in [-0.05, 0) is 6.42 Å². The van der Waals surface area contributed by atoms with Crippen LogP contribution in [0.5, 0.6) is 0 Å². The molecule has 0 spiro atoms. The van der Waals surface area contributed by atoms with Crippen molar-refractivity contribution in [3.8, 4) is 0 Å². The highest BCUT2D eigenvalue weighted by Crippen LogP contribution is 2.01. The molecule has 1 rings (SSSR count). The Kier molecular flexibility index (Phi) is 2.27. The maximum Gasteiger partial charge on any atom is 0.322 e. The van der Waals surface area contributed by atoms with E-state index < -0.39 is 23.9 Å². The van der Waals surface area contributed by atoms with E-state index in [0.29, 0.717) is 0 Å². The van der Waals surface area contributed by atoms with Crippen molar-refractivity contribution in [1.29, 1.82) is 0 Å². The highest BCUT2D eigenvalue weighted by Gasteiger charge is 2.28. The molecule has 0 saturated carbocycles. The fraction of sp³-hybridized carbons (Fsp3) is 0.500. The van der Waals surface area contributed by atoms with Crippen molar-refractivity contribution in [2.24, 2.45) is 5.73 Å². The van der Waals surface area contributed by atoms with E-state index in [2.05, 4.69) is 5.32 Å². The fourth-order valence-electron chi connectivity index (χ4n) is 0.949. The van der Waals surface area contributed by atoms with E-state index >= 15 is 0 Å². The summed E-state index contributed by atoms with van der Waals surface area (Å²) >= 11 is 0. The molecule has 1 aliphatic rings. The van der Waals surface area contributed by atoms with Crippen molar-refractivity contribution in [3.63, 3.8) is 0 Å². The van der Waals surface area contributed by atoms with Gasteiger partial charge in [-0.1, -0.05) is 0 Å². The van der Waals surface area contributed by atoms with Crippen LogP contribution < -0.4 is 16.4 Å². The number of carbonyl (C=O) groups excluding carboxylic acids is 3. The van der Waals surface area contributed by atoms with Gasteiger partial charge in [0.05, 0.1) is 0 Å². The van der Waals surface area contributed by atoms with Gasteiger partial charge >= 0.3 is 6.03 Å². The summed E-state index contributed by atoms with van der Waals surface area (Å²) in [5, 5.41) is 4.40. The second-order valence-electron chi connectivity index (χ2n) is 2.52. The van der Waals surface area contributed by atoms with Crippen LogP contribution in [-0.2, 0) is 9.59 Å². The van der Waals surface area contributed by atoms with Gasteiger partial charge in [-0.25, -0.2) is 4.79 Å². The molecule has 0 aromatic heterocycles. The lowest BCUT2D eigenvalue weighted by Crippen LogP contribution is -2.30. The van der Waals surface area contributed by atoms with Crippen LogP contribution in [0.3, 0.4) is 0 Å². The Hall–Kier alpha value is -1.59. The fourth-order valence-corrected chi connectivity index (χ4v) is 0.949. The third kappa shape index (κ3) is 1.94. The van der Waals surface area contributed by atoms with Crippen LogP contribution in [0, 0.1) is 0 Å². The molecule has 66 valence electrons. The van der Waals surface area contributed by atoms with Crippen molar-refractivity contribution in [2.75, 3.05) is 0 Å². The van der Waals surface area contributed by atoms with Crippen molar-refractivity contribution in [3.05, 3.63) is 0 Å². The molecule has 0 aromatic rings. The molecule has 1 saturated heterocycles. The molecular weight excluding hydrogens is 162 g/mol. The molecule has 6 heteroatoms. The van der Waals surface area contributed by atoms with E-state index in [9.17, 15) is 14.4 Å². The van der Waals surface area contributed by atoms with Crippen LogP contribution in [0.2, 0.25) is 0 Å². The minimum atomic E-state index is -0.606. The zero-order valence-corrected chi connectivity index (χ0v) is 6.29. The first-order valence-corrected chi connectivity index (χ1v) is 3.49. The highest BCUT2D eigenvalue weighted by molar-refractivity contribution is 6.04. The molecule has 4 amide bonds. The molecule has 1 heterocycles. The summed E-state index contributed by atoms with van der Waals surface area (Å²) in [6.07, 6.45) is 0.352. The number of urea groups is 1. The number of imide groups is 1. The summed E-state index contributed by atoms with van der Waals surface area (Å²) in [7, 11) is 0. The molecule has 0 bridgehead atoms. The van der Waals surface area contributed by atoms with Gasteiger partial charge in [0.2, 0.25) is 5.91 Å². The number of hydrogen-bond acceptors (Lipinski definition) is 3. The van der Waals surface area contributed by atoms with Gasteiger partial charge in [0, 0.05) is 6.42 Å². The first-order valence-electron chi connectivity index (χ1n) is 3.49. The Balaban J connectivity index is 2.38. The lowest BCUT2D eigenvalue weighted by atomic mass is 10.1. The van der Waals surface area contributed by atoms with Gasteiger partial charge in [0.15, 0.2) is 0 Å². The quantitative estimate of drug-likeness (QED) is 0.448. The van der Waals surface area contributed by atoms with Crippen LogP contribution in [0.25, 0.3) is 0 Å². The zero-order chi connectivity index (χ0) is 9.14. The van der Waals surface area contributed by atoms with Crippen LogP contribution in [0.1, 0.15) is 12.8 Å². The van der Waals surface area contributed by atoms with Crippen LogP contribution >= 0.6 is 0 Å². The normalized spacial score (nSPS) is 21.8. The zero-order valence-electron chi connectivity index (χ0n) is 6.29. The van der Waals surface area contributed by atoms with Gasteiger partial charge in [-0.3, -0.25) is 14.9 Å². The van der Waals surface area contributed by atoms with E-state index in [-0.39, 0.29) is 12.8 Å². The van der Waals surface area contributed by atoms with E-state index in [1.54, 1.807) is 0 Å². The third-order valence-electron chi connectivity index (χ3n) is 1.54. The average Bonchev–Trinajstić information content (AvgIpc) is 2.26. The maximum absolute atomic E-state index is 10.9. The Morgan fingerprint density at radius 2 is 2.17 bits per heavy atom. The number of carbonyl (C=O) groups is 3. The topological polar surface area (TPSA) is 101 Å². The molecule has 0 radical (unpaired) electrons. The Labute approximate surface area is 68.5 Å². The van der Waals surface area contributed by atoms with Crippen molar-refractivity contribution in [2.45, 2.75) is 18.9 Å². The van der Waals surface area contributed by atoms with Gasteiger partial charge < -0.3 is 11.1 Å². The Morgan fingerprint density at radius 3 is 2.58 bits per heavy atom. The minimum absolute atomic E-state index is 0.0956. The first-order chi connectivity index (χ1) is 5.59. The molecule has 0 aliphatic carbocycles. The summed E-state index contributed by atoms with van der Waals surface area (Å²) < 4.78 is 0. The highest BCUT2D eigenvalue weighted by atomic mass is 16.2. The van der Waals surface area contributed by atoms with Gasteiger partial charge in [-0.2, -0.15) is 0 Å². The number of nitrogens with two attached hydrogens (primary N) is 1. The SMILES string of the molecule is NC(=O)CCC1NC(=O)NC1=O. The summed E-state index contributed by atoms with van der Waals surface area (Å²) in [6, 6.07) is -1.13. The van der Waals surface area contributed by atoms with E-state index in [0.717, 1.165) is 0 Å². The summed E-state index contributed by atoms with van der Waals surface area (Å²) in [5.41, 5.74) is 4.87. The van der Waals surface area contributed by atoms with Crippen LogP contribution in [0.4, 0.5) is 4.79 Å². The molecular formula is C6H9N3O3. The smallest absolute Gasteiger partial charge is 0.322 e. The summed E-state index contributed by atoms with van der Waals surface area (Å²) in [5.74, 6) is -0.884. The van der Waals surface area contributed by atoms with Crippen molar-refractivity contribution >= 4 is 17.8 Å². The second-order valence-corrected chi connectivity index (χ2v) is 2.52. The maximum atomic E-state index is 10.9. The standard InChI is InChI=1S/C6H9N3O3/c7-4(10)2-1-3-5(11)9-6(12)8-3/h3H,1-2H2,(H2,7,10)(H2,8,9,11,12). The molecule has 1 atom stereocenters. The molecule has 1 fully saturated rings. The van der Waals surface area contributed by atoms with Gasteiger partial charge in [0.25, 0.3) is 5.91 Å². The summed E-state index contributed by atoms with van der Waals surface area (Å²) in [6.45, 7) is 0. The van der Waals surface area contributed by atoms with E-state index in [1.165, 1.54) is 0 Å². The predicted molar refractivity (Wildman–Crippen MR) is 38.9 cm³/mol. The third-order valence-corrected chi connectivity index (χ3v) is 1.54. The number of rotatable bonds is 3. The molecule has 0 aromatic carbocycles. The van der Waals surface area contributed by atoms with Crippen molar-refractivity contribution < 1.29 is 14.4 Å². The number of nitrogens with one attached hydrogen (secondary N) is 2. The molecule has 1 aliphatic heterocycles. The molecule has 6 nitrogen and oxygen atoms in total. The Morgan fingerprint density at radius 1 is 1.50 bits per heavy atom. The minimum Gasteiger partial charge on any atom is -0.370 e. The number of amides is 4. The van der Waals surface area contributed by atoms with Crippen LogP contribution in [0.15, 0.2) is 0 Å². The van der Waals surface area contributed by atoms with Crippen molar-refractivity contribution in [1.82, 2.24) is 10.6 Å². The number of hydrogen-bond donors (Lipinski definition) is 3. The van der Waals surface area contributed by atoms with Gasteiger partial charge in [-0.15, -0.1) is 0 Å². The lowest BCUT2D eigenvalue weighted by molar-refractivity contribution is -0.120. The molecule has 12 heavy (non-hydrogen) atoms. The average molecular weight is 171 g/mol.